The molecule has 1 aliphatic rings. The van der Waals surface area contributed by atoms with Gasteiger partial charge in [-0.1, -0.05) is 41.6 Å². The van der Waals surface area contributed by atoms with Gasteiger partial charge in [0, 0.05) is 17.7 Å². The van der Waals surface area contributed by atoms with E-state index in [0.717, 1.165) is 27.9 Å². The Morgan fingerprint density at radius 1 is 1.26 bits per heavy atom. The number of aryl methyl sites for hydroxylation is 1. The summed E-state index contributed by atoms with van der Waals surface area (Å²) in [5, 5.41) is 25.7. The van der Waals surface area contributed by atoms with Crippen LogP contribution in [0.3, 0.4) is 0 Å². The Labute approximate surface area is 164 Å². The van der Waals surface area contributed by atoms with E-state index in [1.54, 1.807) is 6.08 Å². The number of nitrogens with zero attached hydrogens (tertiary/aromatic N) is 3. The summed E-state index contributed by atoms with van der Waals surface area (Å²) in [5.74, 6) is -0.586. The van der Waals surface area contributed by atoms with E-state index in [-0.39, 0.29) is 21.3 Å². The second-order valence-electron chi connectivity index (χ2n) is 5.65. The summed E-state index contributed by atoms with van der Waals surface area (Å²) in [4.78, 5) is 23.2. The van der Waals surface area contributed by atoms with Crippen molar-refractivity contribution in [2.24, 2.45) is 5.10 Å². The zero-order valence-corrected chi connectivity index (χ0v) is 15.7. The van der Waals surface area contributed by atoms with E-state index < -0.39 is 10.8 Å². The average Bonchev–Trinajstić information content (AvgIpc) is 2.89. The lowest BCUT2D eigenvalue weighted by atomic mass is 10.1. The van der Waals surface area contributed by atoms with Crippen molar-refractivity contribution in [3.05, 3.63) is 74.2 Å². The number of thiocarbonyl (C=S) groups is 1. The van der Waals surface area contributed by atoms with Crippen LogP contribution >= 0.6 is 24.0 Å². The van der Waals surface area contributed by atoms with E-state index in [1.807, 2.05) is 31.2 Å². The van der Waals surface area contributed by atoms with Crippen molar-refractivity contribution >= 4 is 52.2 Å². The maximum Gasteiger partial charge on any atom is 0.286 e. The number of rotatable bonds is 4. The van der Waals surface area contributed by atoms with Gasteiger partial charge in [-0.25, -0.2) is 0 Å². The molecule has 1 amide bonds. The maximum absolute atomic E-state index is 12.5. The molecule has 3 rings (SSSR count). The highest BCUT2D eigenvalue weighted by molar-refractivity contribution is 8.26. The van der Waals surface area contributed by atoms with Gasteiger partial charge in [-0.2, -0.15) is 10.1 Å². The van der Waals surface area contributed by atoms with E-state index in [9.17, 15) is 20.0 Å². The van der Waals surface area contributed by atoms with E-state index in [1.165, 1.54) is 24.4 Å². The molecule has 0 bridgehead atoms. The summed E-state index contributed by atoms with van der Waals surface area (Å²) in [5.41, 5.74) is 1.89. The fourth-order valence-electron chi connectivity index (χ4n) is 2.25. The van der Waals surface area contributed by atoms with Gasteiger partial charge >= 0.3 is 0 Å². The molecule has 0 spiro atoms. The van der Waals surface area contributed by atoms with Gasteiger partial charge in [-0.05, 0) is 36.8 Å². The summed E-state index contributed by atoms with van der Waals surface area (Å²) < 4.78 is 0.236. The van der Waals surface area contributed by atoms with Crippen molar-refractivity contribution in [1.29, 1.82) is 0 Å². The van der Waals surface area contributed by atoms with Gasteiger partial charge in [-0.15, -0.1) is 0 Å². The fourth-order valence-corrected chi connectivity index (χ4v) is 3.42. The Morgan fingerprint density at radius 2 is 1.96 bits per heavy atom. The third kappa shape index (κ3) is 4.21. The standard InChI is InChI=1S/C18H13N3O4S2/c1-11-2-4-12(5-3-11)8-16-17(23)20(18(26)27-16)19-10-13-9-14(21(24)25)6-7-15(13)22/h2-10,22H,1H3/b16-8+,19-10+. The number of hydrogen-bond acceptors (Lipinski definition) is 7. The Bertz CT molecular complexity index is 1000. The first kappa shape index (κ1) is 18.7. The number of nitro groups is 1. The van der Waals surface area contributed by atoms with Crippen molar-refractivity contribution in [2.75, 3.05) is 0 Å². The zero-order valence-electron chi connectivity index (χ0n) is 14.0. The number of thioether (sulfide) groups is 1. The Morgan fingerprint density at radius 3 is 2.63 bits per heavy atom. The predicted molar refractivity (Wildman–Crippen MR) is 109 cm³/mol. The molecule has 0 radical (unpaired) electrons. The smallest absolute Gasteiger partial charge is 0.286 e. The summed E-state index contributed by atoms with van der Waals surface area (Å²) in [6.07, 6.45) is 2.89. The molecule has 0 atom stereocenters. The molecular formula is C18H13N3O4S2. The topological polar surface area (TPSA) is 96.0 Å². The molecule has 0 saturated carbocycles. The molecule has 7 nitrogen and oxygen atoms in total. The molecule has 9 heteroatoms. The Hall–Kier alpha value is -3.04. The average molecular weight is 399 g/mol. The Kier molecular flexibility index (Phi) is 5.33. The van der Waals surface area contributed by atoms with E-state index in [0.29, 0.717) is 4.91 Å². The Balaban J connectivity index is 1.84. The number of aromatic hydroxyl groups is 1. The van der Waals surface area contributed by atoms with Gasteiger partial charge in [0.1, 0.15) is 5.75 Å². The first-order valence-corrected chi connectivity index (χ1v) is 8.93. The third-order valence-corrected chi connectivity index (χ3v) is 4.97. The minimum absolute atomic E-state index is 0.112. The lowest BCUT2D eigenvalue weighted by molar-refractivity contribution is -0.384. The third-order valence-electron chi connectivity index (χ3n) is 3.68. The monoisotopic (exact) mass is 399 g/mol. The van der Waals surface area contributed by atoms with E-state index in [4.69, 9.17) is 12.2 Å². The van der Waals surface area contributed by atoms with Crippen molar-refractivity contribution in [2.45, 2.75) is 6.92 Å². The van der Waals surface area contributed by atoms with Crippen molar-refractivity contribution in [1.82, 2.24) is 5.01 Å². The molecule has 27 heavy (non-hydrogen) atoms. The van der Waals surface area contributed by atoms with Gasteiger partial charge in [0.2, 0.25) is 0 Å². The first-order chi connectivity index (χ1) is 12.8. The number of phenolic OH excluding ortho intramolecular Hbond substituents is 1. The second-order valence-corrected chi connectivity index (χ2v) is 7.32. The van der Waals surface area contributed by atoms with Crippen molar-refractivity contribution in [3.63, 3.8) is 0 Å². The van der Waals surface area contributed by atoms with Crippen LogP contribution < -0.4 is 0 Å². The number of hydrogen-bond donors (Lipinski definition) is 1. The molecule has 0 aromatic heterocycles. The number of benzene rings is 2. The van der Waals surface area contributed by atoms with Crippen LogP contribution in [0.4, 0.5) is 5.69 Å². The highest BCUT2D eigenvalue weighted by Crippen LogP contribution is 2.33. The SMILES string of the molecule is Cc1ccc(/C=C2/SC(=S)N(/N=C/c3cc([N+](=O)[O-])ccc3O)C2=O)cc1. The van der Waals surface area contributed by atoms with Crippen LogP contribution in [0.25, 0.3) is 6.08 Å². The minimum Gasteiger partial charge on any atom is -0.507 e. The number of carbonyl (C=O) groups is 1. The highest BCUT2D eigenvalue weighted by Gasteiger charge is 2.32. The maximum atomic E-state index is 12.5. The first-order valence-electron chi connectivity index (χ1n) is 7.71. The van der Waals surface area contributed by atoms with Crippen LogP contribution in [0.5, 0.6) is 5.75 Å². The molecular weight excluding hydrogens is 386 g/mol. The molecule has 2 aromatic carbocycles. The fraction of sp³-hybridized carbons (Fsp3) is 0.0556. The summed E-state index contributed by atoms with van der Waals surface area (Å²) in [7, 11) is 0. The number of carbonyl (C=O) groups excluding carboxylic acids is 1. The summed E-state index contributed by atoms with van der Waals surface area (Å²) >= 11 is 6.30. The van der Waals surface area contributed by atoms with E-state index in [2.05, 4.69) is 5.10 Å². The molecule has 1 N–H and O–H groups in total. The number of phenols is 1. The minimum atomic E-state index is -0.583. The largest absolute Gasteiger partial charge is 0.507 e. The van der Waals surface area contributed by atoms with Crippen LogP contribution in [0.2, 0.25) is 0 Å². The number of amides is 1. The zero-order chi connectivity index (χ0) is 19.6. The second kappa shape index (κ2) is 7.68. The normalized spacial score (nSPS) is 15.9. The number of nitro benzene ring substituents is 1. The van der Waals surface area contributed by atoms with Crippen molar-refractivity contribution < 1.29 is 14.8 Å². The summed E-state index contributed by atoms with van der Waals surface area (Å²) in [6.45, 7) is 1.97. The quantitative estimate of drug-likeness (QED) is 0.276. The van der Waals surface area contributed by atoms with Gasteiger partial charge in [0.05, 0.1) is 16.0 Å². The van der Waals surface area contributed by atoms with Gasteiger partial charge in [0.25, 0.3) is 11.6 Å². The molecule has 1 fully saturated rings. The molecule has 136 valence electrons. The van der Waals surface area contributed by atoms with Crippen molar-refractivity contribution in [3.8, 4) is 5.75 Å². The van der Waals surface area contributed by atoms with E-state index >= 15 is 0 Å². The van der Waals surface area contributed by atoms with Crippen LogP contribution in [-0.4, -0.2) is 31.5 Å². The van der Waals surface area contributed by atoms with Crippen LogP contribution in [0, 0.1) is 17.0 Å². The van der Waals surface area contributed by atoms with Gasteiger partial charge in [0.15, 0.2) is 4.32 Å². The lowest BCUT2D eigenvalue weighted by Gasteiger charge is -2.06. The molecule has 0 unspecified atom stereocenters. The van der Waals surface area contributed by atoms with Gasteiger partial charge in [-0.3, -0.25) is 14.9 Å². The lowest BCUT2D eigenvalue weighted by Crippen LogP contribution is -2.22. The molecule has 1 heterocycles. The molecule has 0 aliphatic carbocycles. The predicted octanol–water partition coefficient (Wildman–Crippen LogP) is 3.84. The van der Waals surface area contributed by atoms with Crippen LogP contribution in [-0.2, 0) is 4.79 Å². The molecule has 1 aliphatic heterocycles. The number of hydrazone groups is 1. The van der Waals surface area contributed by atoms with Crippen LogP contribution in [0.15, 0.2) is 52.5 Å². The highest BCUT2D eigenvalue weighted by atomic mass is 32.2. The molecule has 1 saturated heterocycles. The number of non-ortho nitro benzene ring substituents is 1. The van der Waals surface area contributed by atoms with Gasteiger partial charge < -0.3 is 5.11 Å². The summed E-state index contributed by atoms with van der Waals surface area (Å²) in [6, 6.07) is 11.2. The molecule has 2 aromatic rings. The van der Waals surface area contributed by atoms with Crippen LogP contribution in [0.1, 0.15) is 16.7 Å².